The average molecular weight is 757 g/mol. The average Bonchev–Trinajstić information content (AvgIpc) is 3.93. The summed E-state index contributed by atoms with van der Waals surface area (Å²) in [7, 11) is 0. The van der Waals surface area contributed by atoms with E-state index in [2.05, 4.69) is 63.4 Å². The van der Waals surface area contributed by atoms with E-state index in [0.717, 1.165) is 44.4 Å². The molecule has 0 spiro atoms. The van der Waals surface area contributed by atoms with Crippen molar-refractivity contribution in [2.75, 3.05) is 10.6 Å². The topological polar surface area (TPSA) is 147 Å². The molecule has 0 saturated heterocycles. The molecule has 3 N–H and O–H groups in total. The first-order valence-electron chi connectivity index (χ1n) is 18.9. The van der Waals surface area contributed by atoms with Crippen LogP contribution in [0.3, 0.4) is 0 Å². The number of anilines is 2. The van der Waals surface area contributed by atoms with Gasteiger partial charge in [0.2, 0.25) is 0 Å². The molecular formula is C45H44N10O2. The standard InChI is InChI=1S/C45H44N10O2/c1-26-13-9-11-15-32(26)42(56)46-30-21-17-28(18-22-30)38-48-40-34(36(44(3,4)5)50-54(40)52-38)25-35-37(45(6,7)8)51-55-41(35)49-39(53-55)29-19-23-31(24-20-29)47-43(57)33-16-12-10-14-27(33)2/h9-25,50H,1-8H3,(H,46,56)(H,47,57)/b35-25-. The molecule has 57 heavy (non-hydrogen) atoms. The van der Waals surface area contributed by atoms with Gasteiger partial charge in [-0.2, -0.15) is 9.73 Å². The Morgan fingerprint density at radius 3 is 1.60 bits per heavy atom. The number of benzene rings is 4. The minimum absolute atomic E-state index is 0.160. The van der Waals surface area contributed by atoms with Crippen molar-refractivity contribution in [2.45, 2.75) is 66.2 Å². The van der Waals surface area contributed by atoms with Gasteiger partial charge in [0.05, 0.1) is 11.4 Å². The lowest BCUT2D eigenvalue weighted by atomic mass is 9.88. The molecule has 0 radical (unpaired) electrons. The maximum absolute atomic E-state index is 12.9. The highest BCUT2D eigenvalue weighted by Crippen LogP contribution is 2.30. The van der Waals surface area contributed by atoms with Crippen LogP contribution >= 0.6 is 0 Å². The number of hydrogen-bond acceptors (Lipinski definition) is 7. The van der Waals surface area contributed by atoms with Crippen LogP contribution in [0.2, 0.25) is 0 Å². The smallest absolute Gasteiger partial charge is 0.255 e. The lowest BCUT2D eigenvalue weighted by Crippen LogP contribution is -2.22. The van der Waals surface area contributed by atoms with E-state index in [-0.39, 0.29) is 22.6 Å². The highest BCUT2D eigenvalue weighted by molar-refractivity contribution is 6.06. The minimum Gasteiger partial charge on any atom is -0.322 e. The molecule has 12 nitrogen and oxygen atoms in total. The minimum atomic E-state index is -0.324. The molecule has 4 heterocycles. The quantitative estimate of drug-likeness (QED) is 0.149. The number of carbonyl (C=O) groups excluding carboxylic acids is 2. The first kappa shape index (κ1) is 37.0. The molecule has 0 aliphatic carbocycles. The number of nitrogens with one attached hydrogen (secondary N) is 3. The van der Waals surface area contributed by atoms with Crippen LogP contribution in [0.25, 0.3) is 40.1 Å². The van der Waals surface area contributed by atoms with Gasteiger partial charge in [-0.3, -0.25) is 14.7 Å². The van der Waals surface area contributed by atoms with E-state index in [4.69, 9.17) is 25.3 Å². The zero-order valence-electron chi connectivity index (χ0n) is 33.3. The highest BCUT2D eigenvalue weighted by atomic mass is 16.2. The molecule has 286 valence electrons. The van der Waals surface area contributed by atoms with Crippen LogP contribution in [0, 0.1) is 13.8 Å². The van der Waals surface area contributed by atoms with E-state index in [9.17, 15) is 9.59 Å². The number of amides is 2. The molecule has 0 atom stereocenters. The normalized spacial score (nSPS) is 12.5. The number of aromatic nitrogens is 8. The Labute approximate surface area is 330 Å². The monoisotopic (exact) mass is 756 g/mol. The van der Waals surface area contributed by atoms with Gasteiger partial charge in [-0.25, -0.2) is 9.97 Å². The summed E-state index contributed by atoms with van der Waals surface area (Å²) >= 11 is 0. The van der Waals surface area contributed by atoms with Crippen molar-refractivity contribution in [3.63, 3.8) is 0 Å². The van der Waals surface area contributed by atoms with Gasteiger partial charge in [-0.05, 0) is 91.7 Å². The zero-order chi connectivity index (χ0) is 40.2. The maximum atomic E-state index is 12.9. The van der Waals surface area contributed by atoms with E-state index in [1.165, 1.54) is 0 Å². The van der Waals surface area contributed by atoms with Gasteiger partial charge < -0.3 is 10.6 Å². The fourth-order valence-electron chi connectivity index (χ4n) is 6.88. The second kappa shape index (κ2) is 14.0. The summed E-state index contributed by atoms with van der Waals surface area (Å²) in [4.78, 5) is 35.9. The number of aromatic amines is 1. The number of hydrogen-bond donors (Lipinski definition) is 3. The summed E-state index contributed by atoms with van der Waals surface area (Å²) in [6.45, 7) is 16.6. The second-order valence-corrected chi connectivity index (χ2v) is 16.4. The summed E-state index contributed by atoms with van der Waals surface area (Å²) in [5.74, 6) is 0.734. The maximum Gasteiger partial charge on any atom is 0.255 e. The van der Waals surface area contributed by atoms with Gasteiger partial charge in [0.15, 0.2) is 22.9 Å². The Bertz CT molecular complexity index is 2870. The Balaban J connectivity index is 1.14. The molecule has 0 fully saturated rings. The van der Waals surface area contributed by atoms with Gasteiger partial charge in [0.1, 0.15) is 0 Å². The molecule has 8 aromatic rings. The van der Waals surface area contributed by atoms with E-state index < -0.39 is 0 Å². The molecule has 2 amide bonds. The Hall–Kier alpha value is -6.95. The lowest BCUT2D eigenvalue weighted by Gasteiger charge is -2.18. The highest BCUT2D eigenvalue weighted by Gasteiger charge is 2.28. The summed E-state index contributed by atoms with van der Waals surface area (Å²) in [6.07, 6.45) is 2.10. The molecule has 0 saturated carbocycles. The fourth-order valence-corrected chi connectivity index (χ4v) is 6.88. The third-order valence-electron chi connectivity index (χ3n) is 9.95. The van der Waals surface area contributed by atoms with E-state index in [1.54, 1.807) is 9.26 Å². The van der Waals surface area contributed by atoms with Crippen molar-refractivity contribution >= 4 is 40.6 Å². The van der Waals surface area contributed by atoms with Crippen LogP contribution in [-0.4, -0.2) is 51.4 Å². The number of carbonyl (C=O) groups is 2. The Morgan fingerprint density at radius 2 is 1.11 bits per heavy atom. The molecule has 0 aliphatic heterocycles. The van der Waals surface area contributed by atoms with Crippen LogP contribution in [-0.2, 0) is 10.8 Å². The van der Waals surface area contributed by atoms with Crippen molar-refractivity contribution in [1.29, 1.82) is 0 Å². The first-order valence-corrected chi connectivity index (χ1v) is 18.9. The number of rotatable bonds is 7. The van der Waals surface area contributed by atoms with E-state index in [1.807, 2.05) is 111 Å². The lowest BCUT2D eigenvalue weighted by molar-refractivity contribution is 0.101. The van der Waals surface area contributed by atoms with E-state index in [0.29, 0.717) is 45.4 Å². The molecule has 4 aromatic heterocycles. The summed E-state index contributed by atoms with van der Waals surface area (Å²) < 4.78 is 3.32. The van der Waals surface area contributed by atoms with Crippen molar-refractivity contribution in [1.82, 2.24) is 39.6 Å². The van der Waals surface area contributed by atoms with Crippen molar-refractivity contribution in [3.8, 4) is 22.8 Å². The number of aryl methyl sites for hydroxylation is 2. The van der Waals surface area contributed by atoms with Crippen LogP contribution in [0.5, 0.6) is 0 Å². The van der Waals surface area contributed by atoms with Gasteiger partial charge in [0, 0.05) is 55.2 Å². The predicted molar refractivity (Wildman–Crippen MR) is 223 cm³/mol. The van der Waals surface area contributed by atoms with Crippen molar-refractivity contribution in [3.05, 3.63) is 141 Å². The number of nitrogens with zero attached hydrogens (tertiary/aromatic N) is 7. The largest absolute Gasteiger partial charge is 0.322 e. The van der Waals surface area contributed by atoms with Gasteiger partial charge in [-0.1, -0.05) is 77.9 Å². The Morgan fingerprint density at radius 1 is 0.614 bits per heavy atom. The predicted octanol–water partition coefficient (Wildman–Crippen LogP) is 8.09. The van der Waals surface area contributed by atoms with Gasteiger partial charge in [0.25, 0.3) is 11.8 Å². The van der Waals surface area contributed by atoms with Crippen LogP contribution in [0.4, 0.5) is 11.4 Å². The molecule has 4 aromatic carbocycles. The summed E-state index contributed by atoms with van der Waals surface area (Å²) in [5, 5.41) is 24.9. The van der Waals surface area contributed by atoms with Crippen molar-refractivity contribution in [2.24, 2.45) is 0 Å². The third-order valence-corrected chi connectivity index (χ3v) is 9.95. The molecule has 0 unspecified atom stereocenters. The molecular weight excluding hydrogens is 713 g/mol. The third kappa shape index (κ3) is 7.17. The van der Waals surface area contributed by atoms with Gasteiger partial charge >= 0.3 is 0 Å². The molecule has 0 aliphatic rings. The van der Waals surface area contributed by atoms with Crippen LogP contribution in [0.15, 0.2) is 97.1 Å². The van der Waals surface area contributed by atoms with E-state index >= 15 is 0 Å². The molecule has 8 rings (SSSR count). The van der Waals surface area contributed by atoms with Gasteiger partial charge in [-0.15, -0.1) is 14.8 Å². The van der Waals surface area contributed by atoms with Crippen LogP contribution < -0.4 is 15.9 Å². The SMILES string of the molecule is Cc1ccccc1C(=O)Nc1ccc(-c2nc3/c(=C\c4c(C(C)(C)C)[nH]n5nc(-c6ccc(NC(=O)c7ccccc7C)cc6)nc45)c(C(C)(C)C)nn3n2)cc1. The molecule has 0 bridgehead atoms. The van der Waals surface area contributed by atoms with Crippen molar-refractivity contribution < 1.29 is 9.59 Å². The zero-order valence-corrected chi connectivity index (χ0v) is 33.3. The number of H-pyrrole nitrogens is 1. The number of fused-ring (bicyclic) bond motifs is 2. The second-order valence-electron chi connectivity index (χ2n) is 16.4. The fraction of sp³-hybridized carbons (Fsp3) is 0.222. The molecule has 12 heteroatoms. The Kier molecular flexibility index (Phi) is 9.06. The summed E-state index contributed by atoms with van der Waals surface area (Å²) in [5.41, 5.74) is 9.40. The van der Waals surface area contributed by atoms with Crippen LogP contribution in [0.1, 0.15) is 90.3 Å². The first-order chi connectivity index (χ1) is 27.1. The summed E-state index contributed by atoms with van der Waals surface area (Å²) in [6, 6.07) is 30.0.